The van der Waals surface area contributed by atoms with Crippen molar-refractivity contribution in [2.24, 2.45) is 5.73 Å². The van der Waals surface area contributed by atoms with Gasteiger partial charge >= 0.3 is 6.18 Å². The van der Waals surface area contributed by atoms with Gasteiger partial charge in [-0.25, -0.2) is 0 Å². The summed E-state index contributed by atoms with van der Waals surface area (Å²) >= 11 is 0. The van der Waals surface area contributed by atoms with E-state index in [0.717, 1.165) is 5.56 Å². The summed E-state index contributed by atoms with van der Waals surface area (Å²) in [6.07, 6.45) is -3.89. The van der Waals surface area contributed by atoms with Crippen molar-refractivity contribution >= 4 is 11.6 Å². The number of H-pyrrole nitrogens is 1. The molecule has 0 aliphatic heterocycles. The first-order valence-corrected chi connectivity index (χ1v) is 6.67. The SMILES string of the molecule is N[C@H](Cc1ccccc1)C(=O)Nc1cc(C(F)(F)F)c[nH]c1=O. The van der Waals surface area contributed by atoms with Crippen LogP contribution in [-0.2, 0) is 17.4 Å². The molecule has 23 heavy (non-hydrogen) atoms. The number of halogens is 3. The molecular formula is C15H14F3N3O2. The highest BCUT2D eigenvalue weighted by Crippen LogP contribution is 2.29. The fourth-order valence-electron chi connectivity index (χ4n) is 1.93. The highest BCUT2D eigenvalue weighted by molar-refractivity contribution is 5.94. The molecule has 0 saturated heterocycles. The van der Waals surface area contributed by atoms with E-state index in [9.17, 15) is 22.8 Å². The van der Waals surface area contributed by atoms with Crippen LogP contribution in [0.1, 0.15) is 11.1 Å². The Morgan fingerprint density at radius 1 is 1.26 bits per heavy atom. The van der Waals surface area contributed by atoms with Gasteiger partial charge in [-0.1, -0.05) is 30.3 Å². The summed E-state index contributed by atoms with van der Waals surface area (Å²) in [5.41, 5.74) is 4.13. The van der Waals surface area contributed by atoms with Gasteiger partial charge in [0.25, 0.3) is 5.56 Å². The number of aromatic amines is 1. The van der Waals surface area contributed by atoms with E-state index in [0.29, 0.717) is 12.3 Å². The number of amides is 1. The Morgan fingerprint density at radius 2 is 1.91 bits per heavy atom. The van der Waals surface area contributed by atoms with Crippen molar-refractivity contribution in [3.8, 4) is 0 Å². The molecule has 122 valence electrons. The molecule has 1 aromatic heterocycles. The van der Waals surface area contributed by atoms with E-state index in [1.165, 1.54) is 0 Å². The number of alkyl halides is 3. The maximum atomic E-state index is 12.6. The minimum Gasteiger partial charge on any atom is -0.327 e. The molecule has 2 rings (SSSR count). The number of hydrogen-bond donors (Lipinski definition) is 3. The largest absolute Gasteiger partial charge is 0.417 e. The Bertz CT molecular complexity index is 742. The topological polar surface area (TPSA) is 88.0 Å². The molecule has 5 nitrogen and oxygen atoms in total. The van der Waals surface area contributed by atoms with E-state index < -0.39 is 34.9 Å². The second-order valence-corrected chi connectivity index (χ2v) is 4.91. The van der Waals surface area contributed by atoms with Gasteiger partial charge in [-0.3, -0.25) is 9.59 Å². The van der Waals surface area contributed by atoms with Gasteiger partial charge in [0.15, 0.2) is 0 Å². The van der Waals surface area contributed by atoms with Gasteiger partial charge in [-0.15, -0.1) is 0 Å². The fourth-order valence-corrected chi connectivity index (χ4v) is 1.93. The van der Waals surface area contributed by atoms with Crippen LogP contribution in [-0.4, -0.2) is 16.9 Å². The Labute approximate surface area is 129 Å². The lowest BCUT2D eigenvalue weighted by Gasteiger charge is -2.13. The zero-order chi connectivity index (χ0) is 17.0. The average Bonchev–Trinajstić information content (AvgIpc) is 2.49. The lowest BCUT2D eigenvalue weighted by Crippen LogP contribution is -2.38. The number of anilines is 1. The van der Waals surface area contributed by atoms with Crippen molar-refractivity contribution in [3.63, 3.8) is 0 Å². The van der Waals surface area contributed by atoms with Crippen LogP contribution in [0.4, 0.5) is 18.9 Å². The second kappa shape index (κ2) is 6.66. The third-order valence-corrected chi connectivity index (χ3v) is 3.12. The number of aromatic nitrogens is 1. The number of nitrogens with two attached hydrogens (primary N) is 1. The zero-order valence-electron chi connectivity index (χ0n) is 11.9. The van der Waals surface area contributed by atoms with Crippen LogP contribution in [0, 0.1) is 0 Å². The van der Waals surface area contributed by atoms with E-state index in [-0.39, 0.29) is 6.42 Å². The maximum Gasteiger partial charge on any atom is 0.417 e. The molecule has 2 aromatic rings. The van der Waals surface area contributed by atoms with Crippen molar-refractivity contribution in [1.29, 1.82) is 0 Å². The number of benzene rings is 1. The van der Waals surface area contributed by atoms with Crippen LogP contribution in [0.3, 0.4) is 0 Å². The Morgan fingerprint density at radius 3 is 2.52 bits per heavy atom. The fraction of sp³-hybridized carbons (Fsp3) is 0.200. The van der Waals surface area contributed by atoms with Crippen molar-refractivity contribution in [2.75, 3.05) is 5.32 Å². The standard InChI is InChI=1S/C15H14F3N3O2/c16-15(17,18)10-7-12(14(23)20-8-10)21-13(22)11(19)6-9-4-2-1-3-5-9/h1-5,7-8,11H,6,19H2,(H,20,23)(H,21,22)/t11-/m1/s1. The normalized spacial score (nSPS) is 12.7. The minimum atomic E-state index is -4.63. The van der Waals surface area contributed by atoms with Crippen LogP contribution in [0.25, 0.3) is 0 Å². The van der Waals surface area contributed by atoms with Crippen LogP contribution < -0.4 is 16.6 Å². The monoisotopic (exact) mass is 325 g/mol. The van der Waals surface area contributed by atoms with Gasteiger partial charge in [0.1, 0.15) is 5.69 Å². The van der Waals surface area contributed by atoms with Gasteiger partial charge in [0.05, 0.1) is 11.6 Å². The molecular weight excluding hydrogens is 311 g/mol. The molecule has 0 aliphatic carbocycles. The lowest BCUT2D eigenvalue weighted by molar-refractivity contribution is -0.137. The molecule has 0 unspecified atom stereocenters. The molecule has 0 fully saturated rings. The summed E-state index contributed by atoms with van der Waals surface area (Å²) in [5.74, 6) is -0.737. The number of hydrogen-bond acceptors (Lipinski definition) is 3. The number of rotatable bonds is 4. The number of pyridine rings is 1. The summed E-state index contributed by atoms with van der Waals surface area (Å²) in [7, 11) is 0. The van der Waals surface area contributed by atoms with Crippen molar-refractivity contribution in [3.05, 3.63) is 64.1 Å². The predicted octanol–water partition coefficient (Wildman–Crippen LogP) is 1.90. The second-order valence-electron chi connectivity index (χ2n) is 4.91. The first kappa shape index (κ1) is 16.8. The summed E-state index contributed by atoms with van der Waals surface area (Å²) in [5, 5.41) is 2.14. The first-order chi connectivity index (χ1) is 10.8. The number of carbonyl (C=O) groups excluding carboxylic acids is 1. The van der Waals surface area contributed by atoms with Crippen LogP contribution in [0.2, 0.25) is 0 Å². The van der Waals surface area contributed by atoms with Crippen LogP contribution in [0.5, 0.6) is 0 Å². The minimum absolute atomic E-state index is 0.198. The third kappa shape index (κ3) is 4.43. The van der Waals surface area contributed by atoms with Crippen molar-refractivity contribution in [1.82, 2.24) is 4.98 Å². The first-order valence-electron chi connectivity index (χ1n) is 6.67. The quantitative estimate of drug-likeness (QED) is 0.802. The van der Waals surface area contributed by atoms with E-state index >= 15 is 0 Å². The summed E-state index contributed by atoms with van der Waals surface area (Å²) in [6.45, 7) is 0. The molecule has 1 aromatic carbocycles. The van der Waals surface area contributed by atoms with Crippen molar-refractivity contribution < 1.29 is 18.0 Å². The molecule has 1 heterocycles. The third-order valence-electron chi connectivity index (χ3n) is 3.12. The summed E-state index contributed by atoms with van der Waals surface area (Å²) < 4.78 is 37.9. The van der Waals surface area contributed by atoms with E-state index in [4.69, 9.17) is 5.73 Å². The maximum absolute atomic E-state index is 12.6. The molecule has 0 radical (unpaired) electrons. The van der Waals surface area contributed by atoms with Crippen LogP contribution in [0.15, 0.2) is 47.4 Å². The smallest absolute Gasteiger partial charge is 0.327 e. The average molecular weight is 325 g/mol. The number of carbonyl (C=O) groups is 1. The van der Waals surface area contributed by atoms with Crippen molar-refractivity contribution in [2.45, 2.75) is 18.6 Å². The number of nitrogens with one attached hydrogen (secondary N) is 2. The highest BCUT2D eigenvalue weighted by atomic mass is 19.4. The van der Waals surface area contributed by atoms with E-state index in [1.807, 2.05) is 4.98 Å². The Hall–Kier alpha value is -2.61. The zero-order valence-corrected chi connectivity index (χ0v) is 11.9. The van der Waals surface area contributed by atoms with Gasteiger partial charge in [0.2, 0.25) is 5.91 Å². The van der Waals surface area contributed by atoms with Gasteiger partial charge in [0, 0.05) is 6.20 Å². The summed E-state index contributed by atoms with van der Waals surface area (Å²) in [4.78, 5) is 25.4. The van der Waals surface area contributed by atoms with Gasteiger partial charge in [-0.2, -0.15) is 13.2 Å². The Balaban J connectivity index is 2.12. The highest BCUT2D eigenvalue weighted by Gasteiger charge is 2.31. The lowest BCUT2D eigenvalue weighted by atomic mass is 10.1. The molecule has 4 N–H and O–H groups in total. The molecule has 8 heteroatoms. The molecule has 1 amide bonds. The van der Waals surface area contributed by atoms with Crippen LogP contribution >= 0.6 is 0 Å². The summed E-state index contributed by atoms with van der Waals surface area (Å²) in [6, 6.07) is 8.47. The van der Waals surface area contributed by atoms with Gasteiger partial charge in [-0.05, 0) is 18.1 Å². The predicted molar refractivity (Wildman–Crippen MR) is 78.8 cm³/mol. The molecule has 0 aliphatic rings. The Kier molecular flexibility index (Phi) is 4.85. The molecule has 1 atom stereocenters. The molecule has 0 saturated carbocycles. The molecule has 0 spiro atoms. The molecule has 0 bridgehead atoms. The van der Waals surface area contributed by atoms with E-state index in [2.05, 4.69) is 5.32 Å². The van der Waals surface area contributed by atoms with Gasteiger partial charge < -0.3 is 16.0 Å². The van der Waals surface area contributed by atoms with E-state index in [1.54, 1.807) is 30.3 Å².